The molecule has 0 aliphatic rings. The Hall–Kier alpha value is -2.51. The number of anilines is 1. The third kappa shape index (κ3) is 2.56. The number of hydrazine groups is 1. The van der Waals surface area contributed by atoms with E-state index in [9.17, 15) is 10.1 Å². The van der Waals surface area contributed by atoms with Crippen molar-refractivity contribution >= 4 is 34.0 Å². The molecular formula is C14H12N4O2S. The normalized spacial score (nSPS) is 10.7. The minimum atomic E-state index is -0.430. The molecular weight excluding hydrogens is 288 g/mol. The Morgan fingerprint density at radius 1 is 1.19 bits per heavy atom. The van der Waals surface area contributed by atoms with E-state index >= 15 is 0 Å². The first-order valence-corrected chi connectivity index (χ1v) is 7.00. The molecule has 0 unspecified atom stereocenters. The lowest BCUT2D eigenvalue weighted by molar-refractivity contribution is -0.386. The van der Waals surface area contributed by atoms with Gasteiger partial charge in [-0.15, -0.1) is 0 Å². The van der Waals surface area contributed by atoms with E-state index in [1.54, 1.807) is 18.2 Å². The number of para-hydroxylation sites is 2. The van der Waals surface area contributed by atoms with Crippen LogP contribution in [-0.4, -0.2) is 9.91 Å². The standard InChI is InChI=1S/C14H12N4O2S/c15-17-11-6-3-7-12(14(11)18(19)20)21-13-8-9-4-1-2-5-10(9)16-13/h1-8,16-17H,15H2. The number of aromatic nitrogens is 1. The molecule has 1 aromatic heterocycles. The van der Waals surface area contributed by atoms with Gasteiger partial charge in [-0.1, -0.05) is 36.0 Å². The number of fused-ring (bicyclic) bond motifs is 1. The van der Waals surface area contributed by atoms with Crippen LogP contribution in [-0.2, 0) is 0 Å². The molecule has 6 nitrogen and oxygen atoms in total. The molecule has 3 aromatic rings. The number of hydrogen-bond donors (Lipinski definition) is 3. The van der Waals surface area contributed by atoms with Crippen LogP contribution in [0.3, 0.4) is 0 Å². The van der Waals surface area contributed by atoms with Crippen molar-refractivity contribution in [3.8, 4) is 0 Å². The third-order valence-corrected chi connectivity index (χ3v) is 4.05. The van der Waals surface area contributed by atoms with Crippen LogP contribution in [0.1, 0.15) is 0 Å². The summed E-state index contributed by atoms with van der Waals surface area (Å²) in [4.78, 5) is 14.6. The average molecular weight is 300 g/mol. The highest BCUT2D eigenvalue weighted by Gasteiger charge is 2.20. The number of nitrogens with two attached hydrogens (primary N) is 1. The van der Waals surface area contributed by atoms with Crippen LogP contribution in [0.5, 0.6) is 0 Å². The lowest BCUT2D eigenvalue weighted by Gasteiger charge is -2.05. The van der Waals surface area contributed by atoms with E-state index in [0.717, 1.165) is 15.9 Å². The number of nitro groups is 1. The molecule has 1 heterocycles. The first kappa shape index (κ1) is 13.5. The Bertz CT molecular complexity index is 783. The van der Waals surface area contributed by atoms with E-state index in [0.29, 0.717) is 10.6 Å². The molecule has 4 N–H and O–H groups in total. The maximum absolute atomic E-state index is 11.3. The van der Waals surface area contributed by atoms with Crippen molar-refractivity contribution in [3.05, 3.63) is 58.6 Å². The van der Waals surface area contributed by atoms with Gasteiger partial charge in [-0.05, 0) is 24.3 Å². The average Bonchev–Trinajstić information content (AvgIpc) is 2.88. The van der Waals surface area contributed by atoms with Gasteiger partial charge in [0.15, 0.2) is 0 Å². The van der Waals surface area contributed by atoms with Gasteiger partial charge in [0.1, 0.15) is 5.69 Å². The first-order chi connectivity index (χ1) is 10.2. The molecule has 0 spiro atoms. The highest BCUT2D eigenvalue weighted by Crippen LogP contribution is 2.39. The number of rotatable bonds is 4. The fourth-order valence-corrected chi connectivity index (χ4v) is 3.14. The molecule has 0 aliphatic heterocycles. The molecule has 0 atom stereocenters. The summed E-state index contributed by atoms with van der Waals surface area (Å²) in [6.45, 7) is 0. The van der Waals surface area contributed by atoms with Gasteiger partial charge in [-0.25, -0.2) is 0 Å². The second-order valence-corrected chi connectivity index (χ2v) is 5.46. The predicted octanol–water partition coefficient (Wildman–Crippen LogP) is 3.51. The third-order valence-electron chi connectivity index (χ3n) is 3.06. The molecule has 2 aromatic carbocycles. The minimum absolute atomic E-state index is 0.0244. The number of H-pyrrole nitrogens is 1. The smallest absolute Gasteiger partial charge is 0.307 e. The van der Waals surface area contributed by atoms with E-state index in [1.807, 2.05) is 30.3 Å². The zero-order chi connectivity index (χ0) is 14.8. The number of nitro benzene ring substituents is 1. The van der Waals surface area contributed by atoms with Crippen LogP contribution in [0, 0.1) is 10.1 Å². The highest BCUT2D eigenvalue weighted by molar-refractivity contribution is 7.99. The fraction of sp³-hybridized carbons (Fsp3) is 0. The van der Waals surface area contributed by atoms with Gasteiger partial charge in [-0.2, -0.15) is 0 Å². The summed E-state index contributed by atoms with van der Waals surface area (Å²) in [5.41, 5.74) is 3.63. The van der Waals surface area contributed by atoms with Crippen molar-refractivity contribution in [2.75, 3.05) is 5.43 Å². The van der Waals surface area contributed by atoms with Gasteiger partial charge in [-0.3, -0.25) is 16.0 Å². The monoisotopic (exact) mass is 300 g/mol. The Morgan fingerprint density at radius 2 is 2.00 bits per heavy atom. The number of aromatic amines is 1. The van der Waals surface area contributed by atoms with Crippen LogP contribution < -0.4 is 11.3 Å². The van der Waals surface area contributed by atoms with Crippen molar-refractivity contribution in [2.45, 2.75) is 9.92 Å². The van der Waals surface area contributed by atoms with Gasteiger partial charge >= 0.3 is 5.69 Å². The quantitative estimate of drug-likeness (QED) is 0.389. The van der Waals surface area contributed by atoms with Crippen LogP contribution in [0.4, 0.5) is 11.4 Å². The van der Waals surface area contributed by atoms with Crippen molar-refractivity contribution < 1.29 is 4.92 Å². The largest absolute Gasteiger partial charge is 0.349 e. The van der Waals surface area contributed by atoms with Crippen LogP contribution in [0.2, 0.25) is 0 Å². The second-order valence-electron chi connectivity index (χ2n) is 4.38. The van der Waals surface area contributed by atoms with Crippen molar-refractivity contribution in [1.29, 1.82) is 0 Å². The summed E-state index contributed by atoms with van der Waals surface area (Å²) >= 11 is 1.31. The first-order valence-electron chi connectivity index (χ1n) is 6.18. The fourth-order valence-electron chi connectivity index (χ4n) is 2.13. The molecule has 0 fully saturated rings. The van der Waals surface area contributed by atoms with Gasteiger partial charge < -0.3 is 10.4 Å². The zero-order valence-corrected chi connectivity index (χ0v) is 11.7. The van der Waals surface area contributed by atoms with E-state index in [1.165, 1.54) is 11.8 Å². The molecule has 0 amide bonds. The predicted molar refractivity (Wildman–Crippen MR) is 83.3 cm³/mol. The Kier molecular flexibility index (Phi) is 3.51. The van der Waals surface area contributed by atoms with Crippen LogP contribution in [0.15, 0.2) is 58.5 Å². The summed E-state index contributed by atoms with van der Waals surface area (Å²) in [7, 11) is 0. The molecule has 0 bridgehead atoms. The number of nitrogen functional groups attached to an aromatic ring is 1. The number of benzene rings is 2. The molecule has 106 valence electrons. The molecule has 0 aliphatic carbocycles. The molecule has 3 rings (SSSR count). The Labute approximate surface area is 124 Å². The number of hydrogen-bond acceptors (Lipinski definition) is 5. The summed E-state index contributed by atoms with van der Waals surface area (Å²) in [5, 5.41) is 13.2. The van der Waals surface area contributed by atoms with E-state index < -0.39 is 4.92 Å². The topological polar surface area (TPSA) is 97.0 Å². The van der Waals surface area contributed by atoms with Gasteiger partial charge in [0.2, 0.25) is 0 Å². The van der Waals surface area contributed by atoms with Gasteiger partial charge in [0.05, 0.1) is 14.8 Å². The van der Waals surface area contributed by atoms with Gasteiger partial charge in [0.25, 0.3) is 0 Å². The SMILES string of the molecule is NNc1cccc(Sc2cc3ccccc3[nH]2)c1[N+](=O)[O-]. The lowest BCUT2D eigenvalue weighted by Crippen LogP contribution is -2.09. The highest BCUT2D eigenvalue weighted by atomic mass is 32.2. The van der Waals surface area contributed by atoms with Crippen molar-refractivity contribution in [3.63, 3.8) is 0 Å². The van der Waals surface area contributed by atoms with Crippen molar-refractivity contribution in [1.82, 2.24) is 4.98 Å². The number of nitrogens with zero attached hydrogens (tertiary/aromatic N) is 1. The minimum Gasteiger partial charge on any atom is -0.349 e. The van der Waals surface area contributed by atoms with Crippen LogP contribution in [0.25, 0.3) is 10.9 Å². The maximum Gasteiger partial charge on any atom is 0.307 e. The van der Waals surface area contributed by atoms with Crippen molar-refractivity contribution in [2.24, 2.45) is 5.84 Å². The summed E-state index contributed by atoms with van der Waals surface area (Å²) in [6.07, 6.45) is 0. The number of nitrogens with one attached hydrogen (secondary N) is 2. The van der Waals surface area contributed by atoms with E-state index in [-0.39, 0.29) is 5.69 Å². The molecule has 21 heavy (non-hydrogen) atoms. The maximum atomic E-state index is 11.3. The summed E-state index contributed by atoms with van der Waals surface area (Å²) in [6, 6.07) is 14.8. The van der Waals surface area contributed by atoms with Crippen LogP contribution >= 0.6 is 11.8 Å². The Morgan fingerprint density at radius 3 is 2.71 bits per heavy atom. The zero-order valence-electron chi connectivity index (χ0n) is 10.9. The molecule has 0 saturated heterocycles. The molecule has 7 heteroatoms. The molecule has 0 radical (unpaired) electrons. The molecule has 0 saturated carbocycles. The second kappa shape index (κ2) is 5.47. The summed E-state index contributed by atoms with van der Waals surface area (Å²) < 4.78 is 0. The van der Waals surface area contributed by atoms with E-state index in [2.05, 4.69) is 10.4 Å². The summed E-state index contributed by atoms with van der Waals surface area (Å²) in [5.74, 6) is 5.34. The lowest BCUT2D eigenvalue weighted by atomic mass is 10.3. The van der Waals surface area contributed by atoms with Gasteiger partial charge in [0, 0.05) is 10.9 Å². The van der Waals surface area contributed by atoms with E-state index in [4.69, 9.17) is 5.84 Å². The Balaban J connectivity index is 2.03.